The van der Waals surface area contributed by atoms with Crippen molar-refractivity contribution in [1.29, 1.82) is 0 Å². The second-order valence-electron chi connectivity index (χ2n) is 7.95. The van der Waals surface area contributed by atoms with Crippen LogP contribution in [0.5, 0.6) is 5.75 Å². The minimum Gasteiger partial charge on any atom is -0.489 e. The van der Waals surface area contributed by atoms with Gasteiger partial charge in [0.15, 0.2) is 0 Å². The fourth-order valence-electron chi connectivity index (χ4n) is 4.21. The Balaban J connectivity index is 1.59. The number of halogens is 1. The lowest BCUT2D eigenvalue weighted by atomic mass is 9.91. The molecule has 1 saturated heterocycles. The third-order valence-corrected chi connectivity index (χ3v) is 6.32. The predicted octanol–water partition coefficient (Wildman–Crippen LogP) is 5.91. The highest BCUT2D eigenvalue weighted by molar-refractivity contribution is 9.10. The van der Waals surface area contributed by atoms with Crippen molar-refractivity contribution in [3.8, 4) is 5.75 Å². The first-order valence-corrected chi connectivity index (χ1v) is 11.4. The Morgan fingerprint density at radius 2 is 1.65 bits per heavy atom. The van der Waals surface area contributed by atoms with Gasteiger partial charge in [0.2, 0.25) is 0 Å². The van der Waals surface area contributed by atoms with Gasteiger partial charge in [0.25, 0.3) is 0 Å². The van der Waals surface area contributed by atoms with Gasteiger partial charge in [0.1, 0.15) is 12.4 Å². The van der Waals surface area contributed by atoms with E-state index in [0.29, 0.717) is 19.4 Å². The number of hydrogen-bond donors (Lipinski definition) is 1. The molecule has 160 valence electrons. The van der Waals surface area contributed by atoms with Gasteiger partial charge >= 0.3 is 5.97 Å². The van der Waals surface area contributed by atoms with E-state index in [0.717, 1.165) is 34.4 Å². The second kappa shape index (κ2) is 10.1. The zero-order valence-corrected chi connectivity index (χ0v) is 18.9. The molecule has 0 radical (unpaired) electrons. The molecule has 1 N–H and O–H groups in total. The first kappa shape index (κ1) is 21.6. The molecular weight excluding hydrogens is 454 g/mol. The van der Waals surface area contributed by atoms with Gasteiger partial charge < -0.3 is 9.84 Å². The zero-order chi connectivity index (χ0) is 21.6. The van der Waals surface area contributed by atoms with E-state index in [1.807, 2.05) is 42.5 Å². The van der Waals surface area contributed by atoms with Crippen LogP contribution in [0.4, 0.5) is 0 Å². The standard InChI is InChI=1S/C26H26BrNO3/c27-23-10-4-8-21(16-23)25(28-14-12-20(13-15-28)26(29)30)22-9-5-11-24(17-22)31-18-19-6-2-1-3-7-19/h1-11,16-17,20,25H,12-15,18H2,(H,29,30). The van der Waals surface area contributed by atoms with Crippen molar-refractivity contribution in [1.82, 2.24) is 4.90 Å². The molecule has 3 aromatic rings. The molecule has 1 unspecified atom stereocenters. The molecule has 1 heterocycles. The molecular formula is C26H26BrNO3. The number of nitrogens with zero attached hydrogens (tertiary/aromatic N) is 1. The van der Waals surface area contributed by atoms with Crippen molar-refractivity contribution in [3.63, 3.8) is 0 Å². The Bertz CT molecular complexity index is 1020. The Labute approximate surface area is 191 Å². The Morgan fingerprint density at radius 1 is 0.968 bits per heavy atom. The van der Waals surface area contributed by atoms with E-state index < -0.39 is 5.97 Å². The van der Waals surface area contributed by atoms with Crippen molar-refractivity contribution in [2.24, 2.45) is 5.92 Å². The number of hydrogen-bond acceptors (Lipinski definition) is 3. The highest BCUT2D eigenvalue weighted by Gasteiger charge is 2.30. The van der Waals surface area contributed by atoms with Gasteiger partial charge in [-0.25, -0.2) is 0 Å². The number of carboxylic acids is 1. The third-order valence-electron chi connectivity index (χ3n) is 5.83. The number of benzene rings is 3. The van der Waals surface area contributed by atoms with E-state index in [9.17, 15) is 9.90 Å². The van der Waals surface area contributed by atoms with Crippen LogP contribution in [0, 0.1) is 5.92 Å². The van der Waals surface area contributed by atoms with E-state index in [1.165, 1.54) is 5.56 Å². The molecule has 1 fully saturated rings. The number of likely N-dealkylation sites (tertiary alicyclic amines) is 1. The first-order chi connectivity index (χ1) is 15.1. The number of piperidine rings is 1. The van der Waals surface area contributed by atoms with Crippen LogP contribution in [0.2, 0.25) is 0 Å². The van der Waals surface area contributed by atoms with Crippen molar-refractivity contribution < 1.29 is 14.6 Å². The van der Waals surface area contributed by atoms with Gasteiger partial charge in [0.05, 0.1) is 12.0 Å². The number of ether oxygens (including phenoxy) is 1. The first-order valence-electron chi connectivity index (χ1n) is 10.6. The largest absolute Gasteiger partial charge is 0.489 e. The zero-order valence-electron chi connectivity index (χ0n) is 17.3. The van der Waals surface area contributed by atoms with Crippen LogP contribution in [0.15, 0.2) is 83.3 Å². The molecule has 0 amide bonds. The molecule has 0 spiro atoms. The average Bonchev–Trinajstić information content (AvgIpc) is 2.79. The molecule has 1 aliphatic rings. The summed E-state index contributed by atoms with van der Waals surface area (Å²) in [4.78, 5) is 13.8. The van der Waals surface area contributed by atoms with Gasteiger partial charge in [-0.3, -0.25) is 9.69 Å². The third kappa shape index (κ3) is 5.54. The molecule has 0 saturated carbocycles. The molecule has 1 aliphatic heterocycles. The van der Waals surface area contributed by atoms with Gasteiger partial charge in [-0.1, -0.05) is 70.5 Å². The van der Waals surface area contributed by atoms with E-state index in [4.69, 9.17) is 4.74 Å². The average molecular weight is 480 g/mol. The van der Waals surface area contributed by atoms with Crippen LogP contribution in [0.1, 0.15) is 35.6 Å². The van der Waals surface area contributed by atoms with Crippen LogP contribution < -0.4 is 4.74 Å². The van der Waals surface area contributed by atoms with Crippen LogP contribution in [0.3, 0.4) is 0 Å². The van der Waals surface area contributed by atoms with E-state index in [2.05, 4.69) is 57.2 Å². The fourth-order valence-corrected chi connectivity index (χ4v) is 4.63. The van der Waals surface area contributed by atoms with Gasteiger partial charge in [-0.05, 0) is 66.9 Å². The number of rotatable bonds is 7. The summed E-state index contributed by atoms with van der Waals surface area (Å²) in [6.45, 7) is 2.03. The van der Waals surface area contributed by atoms with Crippen molar-refractivity contribution >= 4 is 21.9 Å². The summed E-state index contributed by atoms with van der Waals surface area (Å²) in [5.74, 6) is -0.100. The Kier molecular flexibility index (Phi) is 7.05. The fraction of sp³-hybridized carbons (Fsp3) is 0.269. The Morgan fingerprint density at radius 3 is 2.32 bits per heavy atom. The maximum atomic E-state index is 11.4. The van der Waals surface area contributed by atoms with E-state index in [-0.39, 0.29) is 12.0 Å². The van der Waals surface area contributed by atoms with Gasteiger partial charge in [-0.15, -0.1) is 0 Å². The maximum Gasteiger partial charge on any atom is 0.306 e. The SMILES string of the molecule is O=C(O)C1CCN(C(c2cccc(Br)c2)c2cccc(OCc3ccccc3)c2)CC1. The lowest BCUT2D eigenvalue weighted by Crippen LogP contribution is -2.39. The summed E-state index contributed by atoms with van der Waals surface area (Å²) in [5, 5.41) is 9.38. The smallest absolute Gasteiger partial charge is 0.306 e. The topological polar surface area (TPSA) is 49.8 Å². The van der Waals surface area contributed by atoms with Crippen molar-refractivity contribution in [2.75, 3.05) is 13.1 Å². The highest BCUT2D eigenvalue weighted by Crippen LogP contribution is 2.35. The summed E-state index contributed by atoms with van der Waals surface area (Å²) in [6, 6.07) is 26.8. The summed E-state index contributed by atoms with van der Waals surface area (Å²) in [6.07, 6.45) is 1.34. The predicted molar refractivity (Wildman–Crippen MR) is 125 cm³/mol. The maximum absolute atomic E-state index is 11.4. The van der Waals surface area contributed by atoms with Crippen LogP contribution in [-0.2, 0) is 11.4 Å². The molecule has 0 aliphatic carbocycles. The summed E-state index contributed by atoms with van der Waals surface area (Å²) >= 11 is 3.60. The molecule has 3 aromatic carbocycles. The van der Waals surface area contributed by atoms with Crippen molar-refractivity contribution in [3.05, 3.63) is 100 Å². The minimum atomic E-state index is -0.685. The lowest BCUT2D eigenvalue weighted by Gasteiger charge is -2.37. The molecule has 0 bridgehead atoms. The summed E-state index contributed by atoms with van der Waals surface area (Å²) in [5.41, 5.74) is 3.47. The molecule has 31 heavy (non-hydrogen) atoms. The summed E-state index contributed by atoms with van der Waals surface area (Å²) < 4.78 is 7.11. The van der Waals surface area contributed by atoms with Crippen LogP contribution in [0.25, 0.3) is 0 Å². The monoisotopic (exact) mass is 479 g/mol. The minimum absolute atomic E-state index is 0.0486. The number of aliphatic carboxylic acids is 1. The molecule has 1 atom stereocenters. The van der Waals surface area contributed by atoms with Gasteiger partial charge in [-0.2, -0.15) is 0 Å². The summed E-state index contributed by atoms with van der Waals surface area (Å²) in [7, 11) is 0. The molecule has 4 rings (SSSR count). The number of carboxylic acid groups (broad SMARTS) is 1. The van der Waals surface area contributed by atoms with E-state index in [1.54, 1.807) is 0 Å². The molecule has 4 nitrogen and oxygen atoms in total. The molecule has 5 heteroatoms. The van der Waals surface area contributed by atoms with Crippen LogP contribution in [-0.4, -0.2) is 29.1 Å². The lowest BCUT2D eigenvalue weighted by molar-refractivity contribution is -0.143. The second-order valence-corrected chi connectivity index (χ2v) is 8.87. The highest BCUT2D eigenvalue weighted by atomic mass is 79.9. The Hall–Kier alpha value is -2.63. The van der Waals surface area contributed by atoms with Crippen molar-refractivity contribution in [2.45, 2.75) is 25.5 Å². The van der Waals surface area contributed by atoms with Crippen LogP contribution >= 0.6 is 15.9 Å². The number of carbonyl (C=O) groups is 1. The van der Waals surface area contributed by atoms with E-state index >= 15 is 0 Å². The molecule has 0 aromatic heterocycles. The van der Waals surface area contributed by atoms with Gasteiger partial charge in [0, 0.05) is 4.47 Å². The normalized spacial score (nSPS) is 16.0. The quantitative estimate of drug-likeness (QED) is 0.457.